The summed E-state index contributed by atoms with van der Waals surface area (Å²) in [5.74, 6) is -1.77. The van der Waals surface area contributed by atoms with Gasteiger partial charge in [0.05, 0.1) is 11.1 Å². The van der Waals surface area contributed by atoms with Crippen LogP contribution in [-0.4, -0.2) is 54.1 Å². The number of fused-ring (bicyclic) bond motifs is 1. The minimum absolute atomic E-state index is 0.154. The number of amides is 2. The molecule has 36 heavy (non-hydrogen) atoms. The van der Waals surface area contributed by atoms with Crippen LogP contribution in [0, 0.1) is 11.6 Å². The summed E-state index contributed by atoms with van der Waals surface area (Å²) < 4.78 is 27.1. The molecule has 1 heterocycles. The van der Waals surface area contributed by atoms with E-state index in [-0.39, 0.29) is 23.0 Å². The van der Waals surface area contributed by atoms with Crippen molar-refractivity contribution in [2.75, 3.05) is 38.2 Å². The number of nitrogens with one attached hydrogen (secondary N) is 3. The number of nitrogens with zero attached hydrogens (tertiary/aromatic N) is 2. The third-order valence-corrected chi connectivity index (χ3v) is 5.59. The first-order valence-corrected chi connectivity index (χ1v) is 11.3. The highest BCUT2D eigenvalue weighted by molar-refractivity contribution is 6.11. The number of nitrogen functional groups attached to an aromatic ring is 1. The van der Waals surface area contributed by atoms with E-state index < -0.39 is 17.5 Å². The van der Waals surface area contributed by atoms with Crippen molar-refractivity contribution in [3.8, 4) is 0 Å². The number of anilines is 2. The van der Waals surface area contributed by atoms with Crippen LogP contribution in [0.4, 0.5) is 20.3 Å². The maximum Gasteiger partial charge on any atom is 0.258 e. The molecule has 0 fully saturated rings. The first kappa shape index (κ1) is 24.8. The zero-order valence-electron chi connectivity index (χ0n) is 19.9. The molecular formula is C26H26F2N6O2. The second kappa shape index (κ2) is 10.5. The van der Waals surface area contributed by atoms with Crippen molar-refractivity contribution in [3.63, 3.8) is 0 Å². The van der Waals surface area contributed by atoms with Crippen molar-refractivity contribution in [1.82, 2.24) is 20.4 Å². The fraction of sp³-hybridized carbons (Fsp3) is 0.192. The summed E-state index contributed by atoms with van der Waals surface area (Å²) in [5.41, 5.74) is 8.73. The van der Waals surface area contributed by atoms with Gasteiger partial charge in [0, 0.05) is 35.8 Å². The van der Waals surface area contributed by atoms with E-state index in [9.17, 15) is 18.4 Å². The van der Waals surface area contributed by atoms with Crippen molar-refractivity contribution >= 4 is 34.2 Å². The Morgan fingerprint density at radius 3 is 2.42 bits per heavy atom. The highest BCUT2D eigenvalue weighted by Gasteiger charge is 2.16. The first-order valence-electron chi connectivity index (χ1n) is 11.3. The molecule has 0 aliphatic carbocycles. The van der Waals surface area contributed by atoms with Crippen LogP contribution >= 0.6 is 0 Å². The fourth-order valence-corrected chi connectivity index (χ4v) is 3.80. The Labute approximate surface area is 206 Å². The molecule has 4 rings (SSSR count). The lowest BCUT2D eigenvalue weighted by Crippen LogP contribution is -2.31. The van der Waals surface area contributed by atoms with Gasteiger partial charge in [-0.3, -0.25) is 14.7 Å². The molecule has 0 saturated carbocycles. The van der Waals surface area contributed by atoms with Crippen molar-refractivity contribution in [2.45, 2.75) is 6.42 Å². The topological polar surface area (TPSA) is 116 Å². The van der Waals surface area contributed by atoms with Gasteiger partial charge < -0.3 is 21.3 Å². The molecule has 0 unspecified atom stereocenters. The third kappa shape index (κ3) is 5.84. The highest BCUT2D eigenvalue weighted by Crippen LogP contribution is 2.25. The number of carbonyl (C=O) groups is 2. The van der Waals surface area contributed by atoms with E-state index >= 15 is 0 Å². The van der Waals surface area contributed by atoms with Gasteiger partial charge in [0.2, 0.25) is 0 Å². The number of halogens is 2. The number of aromatic amines is 1. The second-order valence-electron chi connectivity index (χ2n) is 8.72. The zero-order valence-corrected chi connectivity index (χ0v) is 19.9. The Bertz CT molecular complexity index is 1410. The molecule has 0 aliphatic rings. The molecule has 1 aromatic heterocycles. The molecule has 0 saturated heterocycles. The van der Waals surface area contributed by atoms with E-state index in [1.165, 1.54) is 30.3 Å². The summed E-state index contributed by atoms with van der Waals surface area (Å²) in [4.78, 5) is 27.2. The second-order valence-corrected chi connectivity index (χ2v) is 8.72. The van der Waals surface area contributed by atoms with Gasteiger partial charge in [-0.2, -0.15) is 5.10 Å². The largest absolute Gasteiger partial charge is 0.398 e. The Morgan fingerprint density at radius 1 is 0.972 bits per heavy atom. The molecule has 3 aromatic carbocycles. The quantitative estimate of drug-likeness (QED) is 0.281. The van der Waals surface area contributed by atoms with Crippen molar-refractivity contribution < 1.29 is 18.4 Å². The number of benzene rings is 3. The van der Waals surface area contributed by atoms with Gasteiger partial charge in [0.15, 0.2) is 5.82 Å². The predicted octanol–water partition coefficient (Wildman–Crippen LogP) is 3.56. The number of hydrogen-bond donors (Lipinski definition) is 4. The Morgan fingerprint density at radius 2 is 1.72 bits per heavy atom. The minimum atomic E-state index is -0.642. The van der Waals surface area contributed by atoms with Crippen molar-refractivity contribution in [2.24, 2.45) is 0 Å². The lowest BCUT2D eigenvalue weighted by atomic mass is 10.0. The zero-order chi connectivity index (χ0) is 25.8. The van der Waals surface area contributed by atoms with Gasteiger partial charge >= 0.3 is 0 Å². The van der Waals surface area contributed by atoms with Gasteiger partial charge in [0.1, 0.15) is 11.6 Å². The summed E-state index contributed by atoms with van der Waals surface area (Å²) in [6.07, 6.45) is 0.300. The van der Waals surface area contributed by atoms with Gasteiger partial charge in [0.25, 0.3) is 11.8 Å². The van der Waals surface area contributed by atoms with Crippen LogP contribution in [0.3, 0.4) is 0 Å². The number of nitrogens with two attached hydrogens (primary N) is 1. The predicted molar refractivity (Wildman–Crippen MR) is 135 cm³/mol. The van der Waals surface area contributed by atoms with Gasteiger partial charge in [-0.1, -0.05) is 6.07 Å². The Kier molecular flexibility index (Phi) is 7.25. The van der Waals surface area contributed by atoms with Crippen LogP contribution in [0.5, 0.6) is 0 Å². The van der Waals surface area contributed by atoms with Crippen LogP contribution in [-0.2, 0) is 6.42 Å². The van der Waals surface area contributed by atoms with Crippen LogP contribution in [0.15, 0.2) is 54.6 Å². The van der Waals surface area contributed by atoms with E-state index in [1.807, 2.05) is 25.1 Å². The molecule has 8 nitrogen and oxygen atoms in total. The van der Waals surface area contributed by atoms with Crippen LogP contribution in [0.25, 0.3) is 10.9 Å². The smallest absolute Gasteiger partial charge is 0.258 e. The molecule has 4 aromatic rings. The summed E-state index contributed by atoms with van der Waals surface area (Å²) in [7, 11) is 3.82. The molecule has 0 radical (unpaired) electrons. The molecule has 0 aliphatic heterocycles. The molecule has 5 N–H and O–H groups in total. The summed E-state index contributed by atoms with van der Waals surface area (Å²) in [6, 6.07) is 13.3. The minimum Gasteiger partial charge on any atom is -0.398 e. The number of aromatic nitrogens is 2. The van der Waals surface area contributed by atoms with E-state index in [0.717, 1.165) is 11.6 Å². The monoisotopic (exact) mass is 492 g/mol. The third-order valence-electron chi connectivity index (χ3n) is 5.59. The number of likely N-dealkylation sites (N-methyl/N-ethyl adjacent to an activating group) is 1. The van der Waals surface area contributed by atoms with E-state index in [1.54, 1.807) is 12.1 Å². The molecule has 0 spiro atoms. The average molecular weight is 493 g/mol. The number of rotatable bonds is 8. The summed E-state index contributed by atoms with van der Waals surface area (Å²) >= 11 is 0. The lowest BCUT2D eigenvalue weighted by Gasteiger charge is -2.11. The highest BCUT2D eigenvalue weighted by atomic mass is 19.1. The summed E-state index contributed by atoms with van der Waals surface area (Å²) in [5, 5.41) is 13.2. The van der Waals surface area contributed by atoms with Gasteiger partial charge in [-0.25, -0.2) is 8.78 Å². The number of hydrogen-bond acceptors (Lipinski definition) is 5. The van der Waals surface area contributed by atoms with E-state index in [4.69, 9.17) is 5.73 Å². The SMILES string of the molecule is CN(C)CCNC(=O)c1ccc(C(=O)Nc2n[nH]c3ccc(Cc4cc(F)cc(F)c4)cc23)c(N)c1. The maximum atomic E-state index is 13.6. The van der Waals surface area contributed by atoms with Crippen LogP contribution < -0.4 is 16.4 Å². The number of carbonyl (C=O) groups excluding carboxylic acids is 2. The molecule has 186 valence electrons. The molecule has 2 amide bonds. The molecule has 0 bridgehead atoms. The first-order chi connectivity index (χ1) is 17.2. The van der Waals surface area contributed by atoms with Crippen molar-refractivity contribution in [3.05, 3.63) is 88.5 Å². The van der Waals surface area contributed by atoms with E-state index in [0.29, 0.717) is 41.5 Å². The molecule has 10 heteroatoms. The van der Waals surface area contributed by atoms with Crippen molar-refractivity contribution in [1.29, 1.82) is 0 Å². The normalized spacial score (nSPS) is 11.1. The fourth-order valence-electron chi connectivity index (χ4n) is 3.80. The number of H-pyrrole nitrogens is 1. The van der Waals surface area contributed by atoms with Gasteiger partial charge in [-0.15, -0.1) is 0 Å². The Hall–Kier alpha value is -4.31. The standard InChI is InChI=1S/C26H26F2N6O2/c1-34(2)8-7-30-25(35)17-4-5-20(22(29)13-17)26(36)31-24-21-12-15(3-6-23(21)32-33-24)9-16-10-18(27)14-19(28)11-16/h3-6,10-14H,7-9,29H2,1-2H3,(H,30,35)(H2,31,32,33,36). The van der Waals surface area contributed by atoms with Gasteiger partial charge in [-0.05, 0) is 74.1 Å². The molecule has 0 atom stereocenters. The molecular weight excluding hydrogens is 466 g/mol. The van der Waals surface area contributed by atoms with Crippen LogP contribution in [0.2, 0.25) is 0 Å². The van der Waals surface area contributed by atoms with E-state index in [2.05, 4.69) is 20.8 Å². The lowest BCUT2D eigenvalue weighted by molar-refractivity contribution is 0.0949. The summed E-state index contributed by atoms with van der Waals surface area (Å²) in [6.45, 7) is 1.18. The average Bonchev–Trinajstić information content (AvgIpc) is 3.19. The van der Waals surface area contributed by atoms with Crippen LogP contribution in [0.1, 0.15) is 31.8 Å². The Balaban J connectivity index is 1.49. The maximum absolute atomic E-state index is 13.6.